The van der Waals surface area contributed by atoms with Crippen LogP contribution in [0.2, 0.25) is 0 Å². The van der Waals surface area contributed by atoms with E-state index in [0.29, 0.717) is 17.0 Å². The largest absolute Gasteiger partial charge is 0.487 e. The predicted octanol–water partition coefficient (Wildman–Crippen LogP) is 0.635. The van der Waals surface area contributed by atoms with Crippen LogP contribution in [-0.4, -0.2) is 31.5 Å². The van der Waals surface area contributed by atoms with Crippen molar-refractivity contribution in [1.82, 2.24) is 5.32 Å². The molecule has 6 heteroatoms. The van der Waals surface area contributed by atoms with Crippen LogP contribution >= 0.6 is 0 Å². The molecule has 1 aromatic carbocycles. The van der Waals surface area contributed by atoms with Crippen LogP contribution in [-0.2, 0) is 0 Å². The van der Waals surface area contributed by atoms with Crippen LogP contribution in [0.5, 0.6) is 5.75 Å². The number of ether oxygens (including phenoxy) is 1. The van der Waals surface area contributed by atoms with E-state index in [1.807, 2.05) is 0 Å². The number of hydrazone groups is 1. The number of rotatable bonds is 5. The normalized spacial score (nSPS) is 10.8. The molecule has 0 aromatic heterocycles. The third-order valence-electron chi connectivity index (χ3n) is 2.04. The molecule has 0 radical (unpaired) electrons. The second-order valence-corrected chi connectivity index (χ2v) is 3.16. The van der Waals surface area contributed by atoms with E-state index in [-0.39, 0.29) is 13.9 Å². The Morgan fingerprint density at radius 2 is 2.47 bits per heavy atom. The first kappa shape index (κ1) is 12.7. The lowest BCUT2D eigenvalue weighted by Gasteiger charge is -2.06. The molecule has 1 amide bonds. The molecule has 0 spiro atoms. The zero-order valence-corrected chi connectivity index (χ0v) is 9.43. The summed E-state index contributed by atoms with van der Waals surface area (Å²) in [5.41, 5.74) is 0.821. The predicted molar refractivity (Wildman–Crippen MR) is 67.8 cm³/mol. The number of hydrogen-bond acceptors (Lipinski definition) is 5. The third-order valence-corrected chi connectivity index (χ3v) is 2.04. The molecule has 0 heterocycles. The Labute approximate surface area is 100 Å². The topological polar surface area (TPSA) is 101 Å². The highest BCUT2D eigenvalue weighted by Gasteiger charge is 2.04. The first-order valence-electron chi connectivity index (χ1n) is 4.93. The van der Waals surface area contributed by atoms with Crippen molar-refractivity contribution in [2.45, 2.75) is 0 Å². The zero-order valence-electron chi connectivity index (χ0n) is 9.43. The lowest BCUT2D eigenvalue weighted by Crippen LogP contribution is -2.18. The van der Waals surface area contributed by atoms with E-state index in [4.69, 9.17) is 16.0 Å². The summed E-state index contributed by atoms with van der Waals surface area (Å²) < 4.78 is 5.34. The highest BCUT2D eigenvalue weighted by atomic mass is 16.5. The first-order chi connectivity index (χ1) is 8.21. The van der Waals surface area contributed by atoms with Gasteiger partial charge in [-0.1, -0.05) is 6.07 Å². The van der Waals surface area contributed by atoms with Crippen LogP contribution in [0.4, 0.5) is 0 Å². The number of nitrogens with two attached hydrogens (primary N) is 1. The van der Waals surface area contributed by atoms with Crippen molar-refractivity contribution in [2.24, 2.45) is 10.9 Å². The van der Waals surface area contributed by atoms with Gasteiger partial charge >= 0.3 is 0 Å². The van der Waals surface area contributed by atoms with E-state index in [0.717, 1.165) is 6.21 Å². The van der Waals surface area contributed by atoms with Gasteiger partial charge in [0.15, 0.2) is 0 Å². The van der Waals surface area contributed by atoms with Crippen molar-refractivity contribution in [3.63, 3.8) is 0 Å². The van der Waals surface area contributed by atoms with Crippen LogP contribution < -0.4 is 15.9 Å². The monoisotopic (exact) mass is 236 g/mol. The van der Waals surface area contributed by atoms with Crippen LogP contribution in [0.15, 0.2) is 29.4 Å². The maximum absolute atomic E-state index is 11.4. The Kier molecular flexibility index (Phi) is 4.68. The molecule has 0 bridgehead atoms. The SMILES string of the molecule is CNC(=O)c1cccc(OC/C(C=N)=N/N)c1.[HH]. The second-order valence-electron chi connectivity index (χ2n) is 3.16. The van der Waals surface area contributed by atoms with Crippen LogP contribution in [0, 0.1) is 5.41 Å². The van der Waals surface area contributed by atoms with Crippen LogP contribution in [0.1, 0.15) is 11.8 Å². The summed E-state index contributed by atoms with van der Waals surface area (Å²) in [6.07, 6.45) is 1.02. The molecule has 0 saturated carbocycles. The van der Waals surface area contributed by atoms with E-state index < -0.39 is 0 Å². The number of nitrogens with one attached hydrogen (secondary N) is 2. The summed E-state index contributed by atoms with van der Waals surface area (Å²) in [5.74, 6) is 5.38. The maximum Gasteiger partial charge on any atom is 0.251 e. The van der Waals surface area contributed by atoms with Crippen molar-refractivity contribution in [2.75, 3.05) is 13.7 Å². The van der Waals surface area contributed by atoms with Gasteiger partial charge < -0.3 is 21.3 Å². The van der Waals surface area contributed by atoms with Gasteiger partial charge in [0, 0.05) is 20.3 Å². The summed E-state index contributed by atoms with van der Waals surface area (Å²) >= 11 is 0. The third kappa shape index (κ3) is 3.60. The minimum atomic E-state index is -0.185. The summed E-state index contributed by atoms with van der Waals surface area (Å²) in [5, 5.41) is 12.9. The molecule has 1 rings (SSSR count). The fourth-order valence-electron chi connectivity index (χ4n) is 1.14. The molecule has 1 aromatic rings. The van der Waals surface area contributed by atoms with Gasteiger partial charge in [-0.15, -0.1) is 0 Å². The van der Waals surface area contributed by atoms with Gasteiger partial charge in [-0.05, 0) is 18.2 Å². The molecule has 17 heavy (non-hydrogen) atoms. The average Bonchev–Trinajstić information content (AvgIpc) is 2.39. The Morgan fingerprint density at radius 1 is 1.71 bits per heavy atom. The molecule has 0 fully saturated rings. The van der Waals surface area contributed by atoms with E-state index in [2.05, 4.69) is 10.4 Å². The number of carbonyl (C=O) groups is 1. The van der Waals surface area contributed by atoms with E-state index in [9.17, 15) is 4.79 Å². The smallest absolute Gasteiger partial charge is 0.251 e. The van der Waals surface area contributed by atoms with Crippen molar-refractivity contribution < 1.29 is 11.0 Å². The van der Waals surface area contributed by atoms with E-state index in [1.54, 1.807) is 31.3 Å². The Bertz CT molecular complexity index is 448. The number of benzene rings is 1. The van der Waals surface area contributed by atoms with Crippen molar-refractivity contribution in [1.29, 1.82) is 5.41 Å². The van der Waals surface area contributed by atoms with Gasteiger partial charge in [0.25, 0.3) is 5.91 Å². The zero-order chi connectivity index (χ0) is 12.7. The number of hydrogen-bond donors (Lipinski definition) is 3. The van der Waals surface area contributed by atoms with Crippen molar-refractivity contribution in [3.05, 3.63) is 29.8 Å². The van der Waals surface area contributed by atoms with E-state index >= 15 is 0 Å². The summed E-state index contributed by atoms with van der Waals surface area (Å²) in [4.78, 5) is 11.4. The molecule has 0 unspecified atom stereocenters. The molecule has 4 N–H and O–H groups in total. The highest BCUT2D eigenvalue weighted by molar-refractivity contribution is 6.30. The Balaban J connectivity index is 0.00000289. The Hall–Kier alpha value is -2.37. The summed E-state index contributed by atoms with van der Waals surface area (Å²) in [7, 11) is 1.56. The number of nitrogens with zero attached hydrogens (tertiary/aromatic N) is 1. The second kappa shape index (κ2) is 6.26. The van der Waals surface area contributed by atoms with Gasteiger partial charge in [0.05, 0.1) is 0 Å². The van der Waals surface area contributed by atoms with Gasteiger partial charge in [-0.25, -0.2) is 0 Å². The first-order valence-corrected chi connectivity index (χ1v) is 4.93. The lowest BCUT2D eigenvalue weighted by atomic mass is 10.2. The average molecular weight is 236 g/mol. The van der Waals surface area contributed by atoms with Crippen molar-refractivity contribution >= 4 is 17.8 Å². The summed E-state index contributed by atoms with van der Waals surface area (Å²) in [6, 6.07) is 6.71. The van der Waals surface area contributed by atoms with Gasteiger partial charge in [-0.2, -0.15) is 5.10 Å². The van der Waals surface area contributed by atoms with Crippen LogP contribution in [0.25, 0.3) is 0 Å². The molecular formula is C11H16N4O2. The minimum absolute atomic E-state index is 0. The van der Waals surface area contributed by atoms with Gasteiger partial charge in [0.1, 0.15) is 18.1 Å². The quantitative estimate of drug-likeness (QED) is 0.397. The van der Waals surface area contributed by atoms with E-state index in [1.165, 1.54) is 0 Å². The van der Waals surface area contributed by atoms with Crippen LogP contribution in [0.3, 0.4) is 0 Å². The number of carbonyl (C=O) groups excluding carboxylic acids is 1. The molecular weight excluding hydrogens is 220 g/mol. The molecule has 92 valence electrons. The maximum atomic E-state index is 11.4. The lowest BCUT2D eigenvalue weighted by molar-refractivity contribution is 0.0962. The molecule has 6 nitrogen and oxygen atoms in total. The van der Waals surface area contributed by atoms with Gasteiger partial charge in [-0.3, -0.25) is 4.79 Å². The standard InChI is InChI=1S/C11H14N4O2.H2/c1-14-11(16)8-3-2-4-10(5-8)17-7-9(6-12)15-13;/h2-6,12H,7,13H2,1H3,(H,14,16);1H/b12-6?,15-9+;. The molecule has 0 aliphatic carbocycles. The minimum Gasteiger partial charge on any atom is -0.487 e. The number of amides is 1. The Morgan fingerprint density at radius 3 is 3.06 bits per heavy atom. The highest BCUT2D eigenvalue weighted by Crippen LogP contribution is 2.13. The molecule has 0 aliphatic heterocycles. The summed E-state index contributed by atoms with van der Waals surface area (Å²) in [6.45, 7) is 0.0944. The fraction of sp³-hybridized carbons (Fsp3) is 0.182. The molecule has 0 atom stereocenters. The van der Waals surface area contributed by atoms with Gasteiger partial charge in [0.2, 0.25) is 0 Å². The van der Waals surface area contributed by atoms with Crippen molar-refractivity contribution in [3.8, 4) is 5.75 Å². The molecule has 0 saturated heterocycles. The fourth-order valence-corrected chi connectivity index (χ4v) is 1.14. The molecule has 0 aliphatic rings.